The Morgan fingerprint density at radius 1 is 1.14 bits per heavy atom. The second kappa shape index (κ2) is 9.73. The number of hydrogen-bond acceptors (Lipinski definition) is 5. The van der Waals surface area contributed by atoms with Gasteiger partial charge in [-0.3, -0.25) is 10.1 Å². The largest absolute Gasteiger partial charge is 0.497 e. The second-order valence-corrected chi connectivity index (χ2v) is 6.76. The molecule has 152 valence electrons. The van der Waals surface area contributed by atoms with Crippen LogP contribution in [0.25, 0.3) is 6.08 Å². The molecule has 1 N–H and O–H groups in total. The summed E-state index contributed by atoms with van der Waals surface area (Å²) in [6.45, 7) is 1.28. The molecule has 1 aliphatic heterocycles. The summed E-state index contributed by atoms with van der Waals surface area (Å²) in [4.78, 5) is 30.0. The van der Waals surface area contributed by atoms with Gasteiger partial charge >= 0.3 is 12.0 Å². The Kier molecular flexibility index (Phi) is 6.84. The predicted octanol–water partition coefficient (Wildman–Crippen LogP) is 3.52. The number of urea groups is 1. The highest BCUT2D eigenvalue weighted by Gasteiger charge is 2.19. The number of nitrogens with zero attached hydrogens (tertiary/aromatic N) is 2. The maximum absolute atomic E-state index is 12.6. The third-order valence-electron chi connectivity index (χ3n) is 4.75. The number of rotatable bonds is 5. The lowest BCUT2D eigenvalue weighted by Crippen LogP contribution is -2.39. The van der Waals surface area contributed by atoms with Crippen molar-refractivity contribution in [2.24, 2.45) is 0 Å². The summed E-state index contributed by atoms with van der Waals surface area (Å²) in [6, 6.07) is 12.9. The number of esters is 1. The fourth-order valence-corrected chi connectivity index (χ4v) is 3.16. The van der Waals surface area contributed by atoms with Gasteiger partial charge in [0.25, 0.3) is 0 Å². The van der Waals surface area contributed by atoms with E-state index in [4.69, 9.17) is 4.74 Å². The minimum absolute atomic E-state index is 0.0718. The van der Waals surface area contributed by atoms with Crippen LogP contribution in [0.2, 0.25) is 0 Å². The molecule has 7 nitrogen and oxygen atoms in total. The van der Waals surface area contributed by atoms with Gasteiger partial charge in [-0.1, -0.05) is 29.8 Å². The molecule has 1 fully saturated rings. The number of likely N-dealkylation sites (tertiary alicyclic amines) is 1. The Bertz CT molecular complexity index is 900. The van der Waals surface area contributed by atoms with E-state index in [1.54, 1.807) is 30.2 Å². The first kappa shape index (κ1) is 20.4. The molecule has 0 radical (unpaired) electrons. The van der Waals surface area contributed by atoms with Crippen LogP contribution in [0.1, 0.15) is 24.1 Å². The van der Waals surface area contributed by atoms with Crippen LogP contribution in [0.15, 0.2) is 48.0 Å². The van der Waals surface area contributed by atoms with Crippen LogP contribution >= 0.6 is 0 Å². The lowest BCUT2D eigenvalue weighted by Gasteiger charge is -2.28. The van der Waals surface area contributed by atoms with Crippen LogP contribution < -0.4 is 10.1 Å². The molecule has 0 spiro atoms. The molecule has 0 atom stereocenters. The average Bonchev–Trinajstić information content (AvgIpc) is 2.74. The van der Waals surface area contributed by atoms with Crippen LogP contribution in [0.4, 0.5) is 10.6 Å². The van der Waals surface area contributed by atoms with E-state index in [0.29, 0.717) is 24.6 Å². The Balaban J connectivity index is 1.55. The molecule has 2 amide bonds. The number of anilines is 1. The first-order valence-electron chi connectivity index (χ1n) is 9.49. The van der Waals surface area contributed by atoms with Crippen LogP contribution in [0, 0.1) is 0 Å². The minimum Gasteiger partial charge on any atom is -0.497 e. The molecule has 0 unspecified atom stereocenters. The van der Waals surface area contributed by atoms with Gasteiger partial charge in [-0.25, -0.2) is 9.78 Å². The number of piperidine rings is 1. The van der Waals surface area contributed by atoms with Gasteiger partial charge in [0.2, 0.25) is 0 Å². The number of methoxy groups -OCH3 is 2. The van der Waals surface area contributed by atoms with Gasteiger partial charge in [-0.2, -0.15) is 0 Å². The number of carbonyl (C=O) groups is 2. The molecule has 0 saturated carbocycles. The van der Waals surface area contributed by atoms with Gasteiger partial charge in [0.05, 0.1) is 26.3 Å². The maximum atomic E-state index is 12.6. The lowest BCUT2D eigenvalue weighted by molar-refractivity contribution is -0.139. The fraction of sp³-hybridized carbons (Fsp3) is 0.318. The van der Waals surface area contributed by atoms with E-state index in [-0.39, 0.29) is 18.4 Å². The van der Waals surface area contributed by atoms with E-state index >= 15 is 0 Å². The number of benzene rings is 1. The third-order valence-corrected chi connectivity index (χ3v) is 4.75. The van der Waals surface area contributed by atoms with Gasteiger partial charge in [0.1, 0.15) is 11.6 Å². The van der Waals surface area contributed by atoms with Crippen LogP contribution in [0.3, 0.4) is 0 Å². The van der Waals surface area contributed by atoms with Crippen molar-refractivity contribution in [1.82, 2.24) is 9.88 Å². The standard InChI is InChI=1S/C22H25N3O4/c1-28-19-7-3-5-17(14-19)13-16-9-11-25(12-10-16)22(27)24-20-8-4-6-18(23-20)15-21(26)29-2/h3-8,13-14H,9-12,15H2,1-2H3,(H,23,24,27). The zero-order chi connectivity index (χ0) is 20.6. The topological polar surface area (TPSA) is 80.8 Å². The van der Waals surface area contributed by atoms with Crippen molar-refractivity contribution < 1.29 is 19.1 Å². The van der Waals surface area contributed by atoms with Crippen LogP contribution in [0.5, 0.6) is 5.75 Å². The van der Waals surface area contributed by atoms with Crippen molar-refractivity contribution in [3.63, 3.8) is 0 Å². The Labute approximate surface area is 170 Å². The van der Waals surface area contributed by atoms with Crippen molar-refractivity contribution in [2.75, 3.05) is 32.6 Å². The molecule has 0 aliphatic carbocycles. The molecular formula is C22H25N3O4. The summed E-state index contributed by atoms with van der Waals surface area (Å²) < 4.78 is 9.91. The number of pyridine rings is 1. The number of ether oxygens (including phenoxy) is 2. The molecule has 1 aromatic heterocycles. The lowest BCUT2D eigenvalue weighted by atomic mass is 10.0. The highest BCUT2D eigenvalue weighted by Crippen LogP contribution is 2.22. The molecular weight excluding hydrogens is 370 g/mol. The molecule has 1 aromatic carbocycles. The smallest absolute Gasteiger partial charge is 0.323 e. The quantitative estimate of drug-likeness (QED) is 0.784. The Morgan fingerprint density at radius 3 is 2.62 bits per heavy atom. The zero-order valence-electron chi connectivity index (χ0n) is 16.7. The van der Waals surface area contributed by atoms with Gasteiger partial charge < -0.3 is 14.4 Å². The predicted molar refractivity (Wildman–Crippen MR) is 111 cm³/mol. The molecule has 2 aromatic rings. The van der Waals surface area contributed by atoms with Crippen LogP contribution in [-0.4, -0.2) is 49.2 Å². The van der Waals surface area contributed by atoms with E-state index < -0.39 is 0 Å². The van der Waals surface area contributed by atoms with Crippen molar-refractivity contribution in [3.8, 4) is 5.75 Å². The summed E-state index contributed by atoms with van der Waals surface area (Å²) in [7, 11) is 2.99. The summed E-state index contributed by atoms with van der Waals surface area (Å²) in [5, 5.41) is 2.81. The number of nitrogens with one attached hydrogen (secondary N) is 1. The molecule has 0 bridgehead atoms. The minimum atomic E-state index is -0.368. The highest BCUT2D eigenvalue weighted by molar-refractivity contribution is 5.88. The summed E-state index contributed by atoms with van der Waals surface area (Å²) in [5.74, 6) is 0.888. The van der Waals surface area contributed by atoms with E-state index in [1.165, 1.54) is 12.7 Å². The Hall–Kier alpha value is -3.35. The first-order valence-corrected chi connectivity index (χ1v) is 9.49. The van der Waals surface area contributed by atoms with E-state index in [0.717, 1.165) is 24.2 Å². The van der Waals surface area contributed by atoms with Crippen LogP contribution in [-0.2, 0) is 16.0 Å². The van der Waals surface area contributed by atoms with Gasteiger partial charge in [0, 0.05) is 13.1 Å². The summed E-state index contributed by atoms with van der Waals surface area (Å²) in [5.41, 5.74) is 2.96. The van der Waals surface area contributed by atoms with Crippen molar-refractivity contribution in [2.45, 2.75) is 19.3 Å². The summed E-state index contributed by atoms with van der Waals surface area (Å²) >= 11 is 0. The number of carbonyl (C=O) groups excluding carboxylic acids is 2. The van der Waals surface area contributed by atoms with Gasteiger partial charge in [-0.05, 0) is 42.7 Å². The maximum Gasteiger partial charge on any atom is 0.323 e. The molecule has 29 heavy (non-hydrogen) atoms. The zero-order valence-corrected chi connectivity index (χ0v) is 16.7. The van der Waals surface area contributed by atoms with Crippen molar-refractivity contribution in [3.05, 3.63) is 59.3 Å². The number of hydrogen-bond donors (Lipinski definition) is 1. The molecule has 3 rings (SSSR count). The highest BCUT2D eigenvalue weighted by atomic mass is 16.5. The van der Waals surface area contributed by atoms with E-state index in [9.17, 15) is 9.59 Å². The number of amides is 2. The average molecular weight is 395 g/mol. The second-order valence-electron chi connectivity index (χ2n) is 6.76. The SMILES string of the molecule is COC(=O)Cc1cccc(NC(=O)N2CCC(=Cc3cccc(OC)c3)CC2)n1. The molecule has 1 aliphatic rings. The van der Waals surface area contributed by atoms with E-state index in [2.05, 4.69) is 21.1 Å². The van der Waals surface area contributed by atoms with Crippen molar-refractivity contribution >= 4 is 23.9 Å². The van der Waals surface area contributed by atoms with Gasteiger partial charge in [0.15, 0.2) is 0 Å². The monoisotopic (exact) mass is 395 g/mol. The normalized spacial score (nSPS) is 13.6. The molecule has 1 saturated heterocycles. The first-order chi connectivity index (χ1) is 14.1. The third kappa shape index (κ3) is 5.81. The molecule has 2 heterocycles. The van der Waals surface area contributed by atoms with Gasteiger partial charge in [-0.15, -0.1) is 0 Å². The Morgan fingerprint density at radius 2 is 1.90 bits per heavy atom. The van der Waals surface area contributed by atoms with Crippen molar-refractivity contribution in [1.29, 1.82) is 0 Å². The summed E-state index contributed by atoms with van der Waals surface area (Å²) in [6.07, 6.45) is 3.87. The fourth-order valence-electron chi connectivity index (χ4n) is 3.16. The van der Waals surface area contributed by atoms with E-state index in [1.807, 2.05) is 24.3 Å². The number of aromatic nitrogens is 1. The molecule has 7 heteroatoms.